The Bertz CT molecular complexity index is 738. The third-order valence-corrected chi connectivity index (χ3v) is 7.29. The van der Waals surface area contributed by atoms with E-state index in [2.05, 4.69) is 0 Å². The number of aliphatic hydroxyl groups is 8. The Kier molecular flexibility index (Phi) is 10.2. The highest BCUT2D eigenvalue weighted by Gasteiger charge is 2.57. The minimum absolute atomic E-state index is 0.664. The molecule has 17 heteroatoms. The predicted molar refractivity (Wildman–Crippen MR) is 120 cm³/mol. The van der Waals surface area contributed by atoms with Crippen molar-refractivity contribution in [3.8, 4) is 0 Å². The van der Waals surface area contributed by atoms with Crippen LogP contribution in [0.2, 0.25) is 0 Å². The first kappa shape index (κ1) is 30.9. The van der Waals surface area contributed by atoms with Crippen LogP contribution in [0.3, 0.4) is 0 Å². The molecular weight excluding hydrogens is 504 g/mol. The van der Waals surface area contributed by atoms with Crippen molar-refractivity contribution in [3.05, 3.63) is 0 Å². The highest BCUT2D eigenvalue weighted by atomic mass is 16.7. The van der Waals surface area contributed by atoms with Gasteiger partial charge in [0.05, 0.1) is 37.9 Å². The van der Waals surface area contributed by atoms with Gasteiger partial charge in [0.2, 0.25) is 0 Å². The quantitative estimate of drug-likeness (QED) is 0.135. The molecule has 0 spiro atoms. The predicted octanol–water partition coefficient (Wildman–Crippen LogP) is -7.96. The smallest absolute Gasteiger partial charge is 0.176 e. The number of ether oxygens (including phenoxy) is 5. The topological polar surface area (TPSA) is 312 Å². The van der Waals surface area contributed by atoms with Gasteiger partial charge in [0.15, 0.2) is 18.9 Å². The van der Waals surface area contributed by atoms with E-state index in [1.807, 2.05) is 0 Å². The third-order valence-electron chi connectivity index (χ3n) is 7.29. The van der Waals surface area contributed by atoms with Gasteiger partial charge in [-0.15, -0.1) is 0 Å². The van der Waals surface area contributed by atoms with Gasteiger partial charge in [0.1, 0.15) is 54.4 Å². The summed E-state index contributed by atoms with van der Waals surface area (Å²) in [5.41, 5.74) is 21.8. The Hall–Kier alpha value is -0.680. The molecule has 3 aliphatic heterocycles. The molecule has 218 valence electrons. The lowest BCUT2D eigenvalue weighted by molar-refractivity contribution is -0.362. The SMILES string of the molecule is CC(N)[C@]1(CO)O[C@H](OC2[C@@H](CO)O[C@@H](OC3[C@@H](CO)O[C@@H](O)[C@H](N)[C@H]3O)[C@H](N)[C@H]2O)[C@H](N)[C@@H](O)[C@@H]1O. The fourth-order valence-electron chi connectivity index (χ4n) is 4.75. The summed E-state index contributed by atoms with van der Waals surface area (Å²) in [6.45, 7) is -0.763. The second-order valence-corrected chi connectivity index (χ2v) is 9.71. The van der Waals surface area contributed by atoms with Gasteiger partial charge in [0, 0.05) is 6.04 Å². The largest absolute Gasteiger partial charge is 0.394 e. The molecule has 0 aromatic heterocycles. The van der Waals surface area contributed by atoms with Crippen molar-refractivity contribution in [1.82, 2.24) is 0 Å². The van der Waals surface area contributed by atoms with Crippen molar-refractivity contribution in [2.45, 2.75) is 104 Å². The van der Waals surface area contributed by atoms with Crippen LogP contribution in [-0.2, 0) is 23.7 Å². The molecule has 3 fully saturated rings. The fourth-order valence-corrected chi connectivity index (χ4v) is 4.75. The van der Waals surface area contributed by atoms with Crippen LogP contribution in [0.25, 0.3) is 0 Å². The van der Waals surface area contributed by atoms with Gasteiger partial charge >= 0.3 is 0 Å². The van der Waals surface area contributed by atoms with Crippen molar-refractivity contribution >= 4 is 0 Å². The van der Waals surface area contributed by atoms with E-state index >= 15 is 0 Å². The van der Waals surface area contributed by atoms with E-state index in [-0.39, 0.29) is 0 Å². The zero-order chi connectivity index (χ0) is 27.8. The standard InChI is InChI=1S/C20H40N4O13/c1-5(21)20(4-27)16(31)13(30)10(24)19(37-20)36-15-7(3-26)34-18(9(23)12(15)29)35-14-6(2-25)33-17(32)8(22)11(14)28/h5-19,25-32H,2-4,21-24H2,1H3/t5?,6-,7-,8-,9-,10-,11-,12-,13-,14?,15?,16+,17-,18+,19+,20+/m1/s1. The van der Waals surface area contributed by atoms with Crippen LogP contribution >= 0.6 is 0 Å². The molecule has 37 heavy (non-hydrogen) atoms. The van der Waals surface area contributed by atoms with E-state index in [0.29, 0.717) is 0 Å². The summed E-state index contributed by atoms with van der Waals surface area (Å²) in [5, 5.41) is 81.5. The van der Waals surface area contributed by atoms with Crippen molar-refractivity contribution in [2.75, 3.05) is 19.8 Å². The maximum atomic E-state index is 10.9. The first-order valence-electron chi connectivity index (χ1n) is 11.9. The minimum Gasteiger partial charge on any atom is -0.394 e. The van der Waals surface area contributed by atoms with Gasteiger partial charge in [0.25, 0.3) is 0 Å². The number of rotatable bonds is 8. The van der Waals surface area contributed by atoms with Gasteiger partial charge in [-0.2, -0.15) is 0 Å². The lowest BCUT2D eigenvalue weighted by Crippen LogP contribution is -2.74. The zero-order valence-corrected chi connectivity index (χ0v) is 20.2. The molecule has 3 saturated heterocycles. The lowest BCUT2D eigenvalue weighted by atomic mass is 9.82. The Morgan fingerprint density at radius 2 is 1.24 bits per heavy atom. The van der Waals surface area contributed by atoms with Crippen LogP contribution in [0.4, 0.5) is 0 Å². The van der Waals surface area contributed by atoms with E-state index < -0.39 is 117 Å². The molecule has 3 unspecified atom stereocenters. The molecule has 3 aliphatic rings. The van der Waals surface area contributed by atoms with Crippen molar-refractivity contribution in [3.63, 3.8) is 0 Å². The highest BCUT2D eigenvalue weighted by Crippen LogP contribution is 2.35. The molecule has 0 aromatic carbocycles. The van der Waals surface area contributed by atoms with Crippen LogP contribution in [0.1, 0.15) is 6.92 Å². The monoisotopic (exact) mass is 544 g/mol. The Morgan fingerprint density at radius 3 is 1.76 bits per heavy atom. The molecular formula is C20H40N4O13. The van der Waals surface area contributed by atoms with Crippen LogP contribution in [0.15, 0.2) is 0 Å². The van der Waals surface area contributed by atoms with E-state index in [0.717, 1.165) is 0 Å². The summed E-state index contributed by atoms with van der Waals surface area (Å²) >= 11 is 0. The van der Waals surface area contributed by atoms with Crippen molar-refractivity contribution < 1.29 is 64.5 Å². The van der Waals surface area contributed by atoms with Crippen LogP contribution in [0, 0.1) is 0 Å². The van der Waals surface area contributed by atoms with E-state index in [1.54, 1.807) is 0 Å². The van der Waals surface area contributed by atoms with Crippen molar-refractivity contribution in [2.24, 2.45) is 22.9 Å². The number of hydrogen-bond acceptors (Lipinski definition) is 17. The van der Waals surface area contributed by atoms with Gasteiger partial charge in [-0.1, -0.05) is 0 Å². The third kappa shape index (κ3) is 5.65. The molecule has 0 amide bonds. The summed E-state index contributed by atoms with van der Waals surface area (Å²) in [4.78, 5) is 0. The molecule has 16 atom stereocenters. The Balaban J connectivity index is 1.77. The minimum atomic E-state index is -1.86. The second kappa shape index (κ2) is 12.2. The van der Waals surface area contributed by atoms with Crippen LogP contribution in [-0.4, -0.2) is 158 Å². The number of aliphatic hydroxyl groups excluding tert-OH is 8. The van der Waals surface area contributed by atoms with Gasteiger partial charge in [-0.05, 0) is 6.92 Å². The molecule has 3 heterocycles. The molecule has 0 aromatic rings. The van der Waals surface area contributed by atoms with E-state index in [9.17, 15) is 40.9 Å². The molecule has 0 radical (unpaired) electrons. The summed E-state index contributed by atoms with van der Waals surface area (Å²) in [5.74, 6) is 0. The second-order valence-electron chi connectivity index (χ2n) is 9.71. The Morgan fingerprint density at radius 1 is 0.757 bits per heavy atom. The first-order chi connectivity index (χ1) is 17.3. The van der Waals surface area contributed by atoms with Gasteiger partial charge < -0.3 is 87.5 Å². The molecule has 0 aliphatic carbocycles. The maximum Gasteiger partial charge on any atom is 0.176 e. The molecule has 16 N–H and O–H groups in total. The number of hydrogen-bond donors (Lipinski definition) is 12. The van der Waals surface area contributed by atoms with Crippen LogP contribution < -0.4 is 22.9 Å². The summed E-state index contributed by atoms with van der Waals surface area (Å²) in [6, 6.07) is -5.01. The van der Waals surface area contributed by atoms with Gasteiger partial charge in [-0.25, -0.2) is 0 Å². The average Bonchev–Trinajstić information content (AvgIpc) is 2.88. The number of nitrogens with two attached hydrogens (primary N) is 4. The lowest BCUT2D eigenvalue weighted by Gasteiger charge is -2.52. The fraction of sp³-hybridized carbons (Fsp3) is 1.00. The Labute approximate surface area is 212 Å². The average molecular weight is 545 g/mol. The summed E-state index contributed by atoms with van der Waals surface area (Å²) < 4.78 is 28.0. The van der Waals surface area contributed by atoms with E-state index in [4.69, 9.17) is 46.6 Å². The molecule has 17 nitrogen and oxygen atoms in total. The summed E-state index contributed by atoms with van der Waals surface area (Å²) in [6.07, 6.45) is -16.3. The molecule has 3 rings (SSSR count). The summed E-state index contributed by atoms with van der Waals surface area (Å²) in [7, 11) is 0. The first-order valence-corrected chi connectivity index (χ1v) is 11.9. The molecule has 0 bridgehead atoms. The maximum absolute atomic E-state index is 10.9. The normalized spacial score (nSPS) is 52.1. The molecule has 0 saturated carbocycles. The highest BCUT2D eigenvalue weighted by molar-refractivity contribution is 5.06. The van der Waals surface area contributed by atoms with Crippen LogP contribution in [0.5, 0.6) is 0 Å². The van der Waals surface area contributed by atoms with Crippen molar-refractivity contribution in [1.29, 1.82) is 0 Å². The van der Waals surface area contributed by atoms with Gasteiger partial charge in [-0.3, -0.25) is 0 Å². The van der Waals surface area contributed by atoms with E-state index in [1.165, 1.54) is 6.92 Å². The zero-order valence-electron chi connectivity index (χ0n) is 20.2.